The molecule has 3 nitrogen and oxygen atoms in total. The second-order valence-electron chi connectivity index (χ2n) is 4.94. The smallest absolute Gasteiger partial charge is 0.247 e. The van der Waals surface area contributed by atoms with Crippen LogP contribution in [0, 0.1) is 5.92 Å². The fourth-order valence-corrected chi connectivity index (χ4v) is 2.92. The molecule has 0 aliphatic heterocycles. The second kappa shape index (κ2) is 7.96. The van der Waals surface area contributed by atoms with Gasteiger partial charge in [-0.25, -0.2) is 8.78 Å². The van der Waals surface area contributed by atoms with Gasteiger partial charge in [0.2, 0.25) is 12.3 Å². The van der Waals surface area contributed by atoms with Crippen molar-refractivity contribution >= 4 is 35.0 Å². The Labute approximate surface area is 131 Å². The lowest BCUT2D eigenvalue weighted by atomic mass is 10.3. The largest absolute Gasteiger partial charge is 0.324 e. The summed E-state index contributed by atoms with van der Waals surface area (Å²) >= 11 is 6.96. The summed E-state index contributed by atoms with van der Waals surface area (Å²) in [6.07, 6.45) is 0.0179. The van der Waals surface area contributed by atoms with Crippen LogP contribution >= 0.6 is 23.4 Å². The third-order valence-electron chi connectivity index (χ3n) is 3.01. The van der Waals surface area contributed by atoms with Crippen molar-refractivity contribution in [2.45, 2.75) is 24.2 Å². The van der Waals surface area contributed by atoms with Gasteiger partial charge >= 0.3 is 0 Å². The Kier molecular flexibility index (Phi) is 6.26. The average molecular weight is 335 g/mol. The van der Waals surface area contributed by atoms with Gasteiger partial charge in [0, 0.05) is 4.90 Å². The van der Waals surface area contributed by atoms with Crippen molar-refractivity contribution in [3.63, 3.8) is 0 Å². The summed E-state index contributed by atoms with van der Waals surface area (Å²) in [4.78, 5) is 12.3. The van der Waals surface area contributed by atoms with Crippen molar-refractivity contribution in [3.05, 3.63) is 23.2 Å². The molecular weight excluding hydrogens is 318 g/mol. The first kappa shape index (κ1) is 16.5. The molecule has 7 heteroatoms. The molecule has 1 amide bonds. The highest BCUT2D eigenvalue weighted by molar-refractivity contribution is 7.99. The molecule has 2 rings (SSSR count). The van der Waals surface area contributed by atoms with Gasteiger partial charge in [-0.3, -0.25) is 4.79 Å². The number of anilines is 1. The predicted molar refractivity (Wildman–Crippen MR) is 82.4 cm³/mol. The van der Waals surface area contributed by atoms with Gasteiger partial charge in [-0.1, -0.05) is 17.7 Å². The van der Waals surface area contributed by atoms with Crippen molar-refractivity contribution in [1.82, 2.24) is 5.32 Å². The average Bonchev–Trinajstić information content (AvgIpc) is 3.22. The Morgan fingerprint density at radius 1 is 1.43 bits per heavy atom. The molecule has 1 aliphatic rings. The molecule has 0 saturated heterocycles. The first-order chi connectivity index (χ1) is 10.1. The fourth-order valence-electron chi connectivity index (χ4n) is 1.81. The van der Waals surface area contributed by atoms with Crippen LogP contribution in [0.5, 0.6) is 0 Å². The van der Waals surface area contributed by atoms with E-state index in [0.717, 1.165) is 18.3 Å². The van der Waals surface area contributed by atoms with Crippen LogP contribution < -0.4 is 10.6 Å². The minimum absolute atomic E-state index is 0.197. The minimum atomic E-state index is -2.42. The topological polar surface area (TPSA) is 41.1 Å². The number of nitrogens with one attached hydrogen (secondary N) is 2. The molecule has 1 aromatic rings. The van der Waals surface area contributed by atoms with Gasteiger partial charge in [0.15, 0.2) is 0 Å². The number of thioether (sulfide) groups is 1. The van der Waals surface area contributed by atoms with Gasteiger partial charge in [0.05, 0.1) is 23.0 Å². The number of rotatable bonds is 8. The monoisotopic (exact) mass is 334 g/mol. The molecular formula is C14H17ClF2N2OS. The molecule has 0 bridgehead atoms. The zero-order valence-corrected chi connectivity index (χ0v) is 12.9. The highest BCUT2D eigenvalue weighted by Gasteiger charge is 2.20. The van der Waals surface area contributed by atoms with Crippen LogP contribution in [-0.4, -0.2) is 31.2 Å². The van der Waals surface area contributed by atoms with Gasteiger partial charge < -0.3 is 10.6 Å². The van der Waals surface area contributed by atoms with E-state index in [1.54, 1.807) is 18.2 Å². The molecule has 0 spiro atoms. The SMILES string of the molecule is O=C(CNCC1CC1)Nc1cccc(Cl)c1SCC(F)F. The summed E-state index contributed by atoms with van der Waals surface area (Å²) in [5.74, 6) is 0.143. The predicted octanol–water partition coefficient (Wildman–Crippen LogP) is 3.64. The Morgan fingerprint density at radius 2 is 2.19 bits per heavy atom. The summed E-state index contributed by atoms with van der Waals surface area (Å²) in [5, 5.41) is 6.16. The minimum Gasteiger partial charge on any atom is -0.324 e. The van der Waals surface area contributed by atoms with E-state index in [4.69, 9.17) is 11.6 Å². The molecule has 1 fully saturated rings. The number of alkyl halides is 2. The Hall–Kier alpha value is -0.850. The first-order valence-corrected chi connectivity index (χ1v) is 8.12. The van der Waals surface area contributed by atoms with Gasteiger partial charge in [0.25, 0.3) is 0 Å². The molecule has 116 valence electrons. The van der Waals surface area contributed by atoms with Crippen LogP contribution in [-0.2, 0) is 4.79 Å². The van der Waals surface area contributed by atoms with Crippen molar-refractivity contribution < 1.29 is 13.6 Å². The number of carbonyl (C=O) groups excluding carboxylic acids is 1. The van der Waals surface area contributed by atoms with E-state index in [9.17, 15) is 13.6 Å². The molecule has 1 saturated carbocycles. The molecule has 0 atom stereocenters. The van der Waals surface area contributed by atoms with Crippen molar-refractivity contribution in [3.8, 4) is 0 Å². The molecule has 0 heterocycles. The van der Waals surface area contributed by atoms with Crippen LogP contribution in [0.25, 0.3) is 0 Å². The molecule has 0 aromatic heterocycles. The molecule has 1 aromatic carbocycles. The van der Waals surface area contributed by atoms with E-state index < -0.39 is 6.43 Å². The molecule has 2 N–H and O–H groups in total. The third kappa shape index (κ3) is 5.80. The molecule has 0 unspecified atom stereocenters. The lowest BCUT2D eigenvalue weighted by Gasteiger charge is -2.12. The van der Waals surface area contributed by atoms with E-state index in [-0.39, 0.29) is 18.2 Å². The number of carbonyl (C=O) groups is 1. The number of amides is 1. The maximum absolute atomic E-state index is 12.3. The van der Waals surface area contributed by atoms with Crippen LogP contribution in [0.3, 0.4) is 0 Å². The maximum atomic E-state index is 12.3. The third-order valence-corrected chi connectivity index (χ3v) is 4.58. The first-order valence-electron chi connectivity index (χ1n) is 6.76. The quantitative estimate of drug-likeness (QED) is 0.713. The molecule has 0 radical (unpaired) electrons. The second-order valence-corrected chi connectivity index (χ2v) is 6.38. The van der Waals surface area contributed by atoms with Crippen molar-refractivity contribution in [2.75, 3.05) is 24.2 Å². The molecule has 1 aliphatic carbocycles. The lowest BCUT2D eigenvalue weighted by Crippen LogP contribution is -2.29. The van der Waals surface area contributed by atoms with Gasteiger partial charge in [0.1, 0.15) is 0 Å². The number of halogens is 3. The Bertz CT molecular complexity index is 498. The zero-order valence-electron chi connectivity index (χ0n) is 11.4. The summed E-state index contributed by atoms with van der Waals surface area (Å²) < 4.78 is 24.7. The highest BCUT2D eigenvalue weighted by atomic mass is 35.5. The van der Waals surface area contributed by atoms with E-state index in [1.807, 2.05) is 0 Å². The van der Waals surface area contributed by atoms with Crippen LogP contribution in [0.2, 0.25) is 5.02 Å². The van der Waals surface area contributed by atoms with E-state index >= 15 is 0 Å². The Balaban J connectivity index is 1.90. The number of hydrogen-bond donors (Lipinski definition) is 2. The summed E-state index contributed by atoms with van der Waals surface area (Å²) in [6, 6.07) is 4.97. The van der Waals surface area contributed by atoms with Crippen LogP contribution in [0.4, 0.5) is 14.5 Å². The van der Waals surface area contributed by atoms with Crippen LogP contribution in [0.15, 0.2) is 23.1 Å². The highest BCUT2D eigenvalue weighted by Crippen LogP contribution is 2.35. The zero-order chi connectivity index (χ0) is 15.2. The van der Waals surface area contributed by atoms with E-state index in [0.29, 0.717) is 21.5 Å². The number of benzene rings is 1. The summed E-state index contributed by atoms with van der Waals surface area (Å²) in [7, 11) is 0. The Morgan fingerprint density at radius 3 is 2.86 bits per heavy atom. The summed E-state index contributed by atoms with van der Waals surface area (Å²) in [5.41, 5.74) is 0.478. The van der Waals surface area contributed by atoms with Gasteiger partial charge in [-0.05, 0) is 37.4 Å². The summed E-state index contributed by atoms with van der Waals surface area (Å²) in [6.45, 7) is 1.05. The van der Waals surface area contributed by atoms with Crippen molar-refractivity contribution in [1.29, 1.82) is 0 Å². The molecule has 21 heavy (non-hydrogen) atoms. The number of hydrogen-bond acceptors (Lipinski definition) is 3. The normalized spacial score (nSPS) is 14.5. The van der Waals surface area contributed by atoms with E-state index in [2.05, 4.69) is 10.6 Å². The van der Waals surface area contributed by atoms with Gasteiger partial charge in [-0.15, -0.1) is 11.8 Å². The maximum Gasteiger partial charge on any atom is 0.247 e. The standard InChI is InChI=1S/C14H17ClF2N2OS/c15-10-2-1-3-11(14(10)21-8-12(16)17)19-13(20)7-18-6-9-4-5-9/h1-3,9,12,18H,4-8H2,(H,19,20). The van der Waals surface area contributed by atoms with Gasteiger partial charge in [-0.2, -0.15) is 0 Å². The fraction of sp³-hybridized carbons (Fsp3) is 0.500. The lowest BCUT2D eigenvalue weighted by molar-refractivity contribution is -0.115. The van der Waals surface area contributed by atoms with Crippen molar-refractivity contribution in [2.24, 2.45) is 5.92 Å². The van der Waals surface area contributed by atoms with Crippen LogP contribution in [0.1, 0.15) is 12.8 Å². The van der Waals surface area contributed by atoms with E-state index in [1.165, 1.54) is 12.8 Å².